The summed E-state index contributed by atoms with van der Waals surface area (Å²) in [6.45, 7) is 3.70. The average Bonchev–Trinajstić information content (AvgIpc) is 2.67. The lowest BCUT2D eigenvalue weighted by Gasteiger charge is -2.21. The molecular formula is C21H25NO4. The third-order valence-corrected chi connectivity index (χ3v) is 4.35. The Kier molecular flexibility index (Phi) is 7.21. The van der Waals surface area contributed by atoms with Gasteiger partial charge >= 0.3 is 5.97 Å². The van der Waals surface area contributed by atoms with E-state index in [0.29, 0.717) is 11.4 Å². The normalized spacial score (nSPS) is 12.7. The maximum Gasteiger partial charge on any atom is 0.314 e. The van der Waals surface area contributed by atoms with E-state index in [1.807, 2.05) is 50.2 Å². The van der Waals surface area contributed by atoms with Crippen molar-refractivity contribution >= 4 is 17.6 Å². The second-order valence-electron chi connectivity index (χ2n) is 6.13. The number of carbonyl (C=O) groups is 2. The van der Waals surface area contributed by atoms with Gasteiger partial charge in [0.1, 0.15) is 5.75 Å². The molecule has 2 aromatic rings. The highest BCUT2D eigenvalue weighted by molar-refractivity contribution is 5.94. The summed E-state index contributed by atoms with van der Waals surface area (Å²) >= 11 is 0. The van der Waals surface area contributed by atoms with Crippen molar-refractivity contribution in [2.45, 2.75) is 26.2 Å². The van der Waals surface area contributed by atoms with Gasteiger partial charge < -0.3 is 14.8 Å². The maximum absolute atomic E-state index is 12.6. The molecule has 138 valence electrons. The molecule has 0 aliphatic carbocycles. The van der Waals surface area contributed by atoms with Crippen LogP contribution in [0.15, 0.2) is 54.6 Å². The van der Waals surface area contributed by atoms with E-state index in [4.69, 9.17) is 9.47 Å². The summed E-state index contributed by atoms with van der Waals surface area (Å²) in [5.41, 5.74) is 1.44. The highest BCUT2D eigenvalue weighted by Crippen LogP contribution is 2.28. The zero-order chi connectivity index (χ0) is 18.9. The fourth-order valence-electron chi connectivity index (χ4n) is 2.75. The van der Waals surface area contributed by atoms with Crippen molar-refractivity contribution in [1.82, 2.24) is 0 Å². The monoisotopic (exact) mass is 355 g/mol. The molecule has 1 N–H and O–H groups in total. The van der Waals surface area contributed by atoms with Crippen LogP contribution in [0.4, 0.5) is 5.69 Å². The van der Waals surface area contributed by atoms with Crippen LogP contribution in [-0.4, -0.2) is 25.6 Å². The molecule has 2 rings (SSSR count). The fourth-order valence-corrected chi connectivity index (χ4v) is 2.75. The molecule has 2 atom stereocenters. The molecule has 0 bridgehead atoms. The van der Waals surface area contributed by atoms with Gasteiger partial charge in [0.25, 0.3) is 5.91 Å². The van der Waals surface area contributed by atoms with E-state index in [-0.39, 0.29) is 24.4 Å². The molecule has 2 aromatic carbocycles. The number of amides is 1. The van der Waals surface area contributed by atoms with E-state index in [2.05, 4.69) is 5.32 Å². The Morgan fingerprint density at radius 2 is 1.69 bits per heavy atom. The molecule has 0 radical (unpaired) electrons. The molecule has 26 heavy (non-hydrogen) atoms. The molecule has 5 nitrogen and oxygen atoms in total. The topological polar surface area (TPSA) is 64.6 Å². The molecule has 1 amide bonds. The number of nitrogens with one attached hydrogen (secondary N) is 1. The fraction of sp³-hybridized carbons (Fsp3) is 0.333. The van der Waals surface area contributed by atoms with Crippen LogP contribution < -0.4 is 10.1 Å². The zero-order valence-electron chi connectivity index (χ0n) is 15.4. The van der Waals surface area contributed by atoms with Crippen LogP contribution in [-0.2, 0) is 14.3 Å². The van der Waals surface area contributed by atoms with Crippen LogP contribution in [0.25, 0.3) is 0 Å². The Balaban J connectivity index is 2.00. The number of hydrogen-bond acceptors (Lipinski definition) is 4. The largest absolute Gasteiger partial charge is 0.495 e. The predicted molar refractivity (Wildman–Crippen MR) is 101 cm³/mol. The van der Waals surface area contributed by atoms with Gasteiger partial charge in [0.2, 0.25) is 0 Å². The van der Waals surface area contributed by atoms with Gasteiger partial charge in [-0.3, -0.25) is 9.59 Å². The lowest BCUT2D eigenvalue weighted by atomic mass is 9.86. The van der Waals surface area contributed by atoms with Gasteiger partial charge in [0, 0.05) is 0 Å². The van der Waals surface area contributed by atoms with Gasteiger partial charge in [-0.1, -0.05) is 62.7 Å². The number of carbonyl (C=O) groups excluding carboxylic acids is 2. The summed E-state index contributed by atoms with van der Waals surface area (Å²) in [6, 6.07) is 16.6. The first kappa shape index (κ1) is 19.5. The first-order valence-electron chi connectivity index (χ1n) is 8.71. The van der Waals surface area contributed by atoms with E-state index in [0.717, 1.165) is 12.0 Å². The number of ether oxygens (including phenoxy) is 2. The van der Waals surface area contributed by atoms with Crippen molar-refractivity contribution in [2.75, 3.05) is 19.0 Å². The Labute approximate surface area is 154 Å². The molecule has 0 aliphatic rings. The van der Waals surface area contributed by atoms with Gasteiger partial charge in [-0.15, -0.1) is 0 Å². The molecular weight excluding hydrogens is 330 g/mol. The van der Waals surface area contributed by atoms with Crippen LogP contribution in [0, 0.1) is 5.92 Å². The summed E-state index contributed by atoms with van der Waals surface area (Å²) < 4.78 is 10.5. The maximum atomic E-state index is 12.6. The highest BCUT2D eigenvalue weighted by Gasteiger charge is 2.27. The number of anilines is 1. The van der Waals surface area contributed by atoms with E-state index in [9.17, 15) is 9.59 Å². The number of para-hydroxylation sites is 2. The summed E-state index contributed by atoms with van der Waals surface area (Å²) in [4.78, 5) is 24.7. The lowest BCUT2D eigenvalue weighted by Crippen LogP contribution is -2.27. The van der Waals surface area contributed by atoms with Crippen LogP contribution in [0.1, 0.15) is 31.7 Å². The predicted octanol–water partition coefficient (Wildman–Crippen LogP) is 4.01. The third-order valence-electron chi connectivity index (χ3n) is 4.35. The van der Waals surface area contributed by atoms with E-state index >= 15 is 0 Å². The van der Waals surface area contributed by atoms with Crippen LogP contribution in [0.5, 0.6) is 5.75 Å². The van der Waals surface area contributed by atoms with Crippen molar-refractivity contribution in [3.63, 3.8) is 0 Å². The molecule has 0 saturated carbocycles. The minimum Gasteiger partial charge on any atom is -0.495 e. The van der Waals surface area contributed by atoms with Crippen LogP contribution in [0.3, 0.4) is 0 Å². The highest BCUT2D eigenvalue weighted by atomic mass is 16.5. The summed E-state index contributed by atoms with van der Waals surface area (Å²) in [5.74, 6) is -0.518. The van der Waals surface area contributed by atoms with Crippen molar-refractivity contribution in [3.05, 3.63) is 60.2 Å². The molecule has 0 heterocycles. The molecule has 0 aliphatic heterocycles. The third kappa shape index (κ3) is 5.09. The number of rotatable bonds is 8. The Morgan fingerprint density at radius 3 is 2.35 bits per heavy atom. The van der Waals surface area contributed by atoms with Gasteiger partial charge in [-0.05, 0) is 23.6 Å². The van der Waals surface area contributed by atoms with Crippen molar-refractivity contribution in [3.8, 4) is 5.75 Å². The Hall–Kier alpha value is -2.82. The smallest absolute Gasteiger partial charge is 0.314 e. The number of benzene rings is 2. The first-order valence-corrected chi connectivity index (χ1v) is 8.71. The van der Waals surface area contributed by atoms with Crippen molar-refractivity contribution < 1.29 is 19.1 Å². The molecule has 0 saturated heterocycles. The van der Waals surface area contributed by atoms with Gasteiger partial charge in [-0.2, -0.15) is 0 Å². The summed E-state index contributed by atoms with van der Waals surface area (Å²) in [6.07, 6.45) is 0.835. The first-order chi connectivity index (χ1) is 12.6. The minimum absolute atomic E-state index is 0.113. The molecule has 0 aromatic heterocycles. The average molecular weight is 355 g/mol. The lowest BCUT2D eigenvalue weighted by molar-refractivity contribution is -0.150. The van der Waals surface area contributed by atoms with Crippen LogP contribution >= 0.6 is 0 Å². The molecule has 0 fully saturated rings. The number of methoxy groups -OCH3 is 1. The summed E-state index contributed by atoms with van der Waals surface area (Å²) in [5, 5.41) is 2.70. The van der Waals surface area contributed by atoms with Crippen molar-refractivity contribution in [1.29, 1.82) is 0 Å². The van der Waals surface area contributed by atoms with Gasteiger partial charge in [0.15, 0.2) is 6.61 Å². The summed E-state index contributed by atoms with van der Waals surface area (Å²) in [7, 11) is 1.53. The van der Waals surface area contributed by atoms with Crippen LogP contribution in [0.2, 0.25) is 0 Å². The zero-order valence-corrected chi connectivity index (χ0v) is 15.4. The van der Waals surface area contributed by atoms with Gasteiger partial charge in [0.05, 0.1) is 18.7 Å². The minimum atomic E-state index is -0.404. The number of esters is 1. The Morgan fingerprint density at radius 1 is 1.04 bits per heavy atom. The van der Waals surface area contributed by atoms with Crippen molar-refractivity contribution in [2.24, 2.45) is 5.92 Å². The second kappa shape index (κ2) is 9.61. The van der Waals surface area contributed by atoms with E-state index < -0.39 is 5.91 Å². The number of hydrogen-bond donors (Lipinski definition) is 1. The van der Waals surface area contributed by atoms with E-state index in [1.54, 1.807) is 18.2 Å². The van der Waals surface area contributed by atoms with Gasteiger partial charge in [-0.25, -0.2) is 0 Å². The quantitative estimate of drug-likeness (QED) is 0.727. The SMILES string of the molecule is CC[C@H](C)[C@H](C(=O)OCC(=O)Nc1ccccc1OC)c1ccccc1. The standard InChI is InChI=1S/C21H25NO4/c1-4-15(2)20(16-10-6-5-7-11-16)21(24)26-14-19(23)22-17-12-8-9-13-18(17)25-3/h5-13,15,20H,4,14H2,1-3H3,(H,22,23)/t15-,20-/m0/s1. The Bertz CT molecular complexity index is 730. The molecule has 0 spiro atoms. The van der Waals surface area contributed by atoms with E-state index in [1.165, 1.54) is 7.11 Å². The second-order valence-corrected chi connectivity index (χ2v) is 6.13. The molecule has 5 heteroatoms. The molecule has 0 unspecified atom stereocenters.